The van der Waals surface area contributed by atoms with E-state index in [9.17, 15) is 5.11 Å². The van der Waals surface area contributed by atoms with Crippen LogP contribution >= 0.6 is 37.0 Å². The van der Waals surface area contributed by atoms with Gasteiger partial charge in [-0.15, -0.1) is 25.3 Å². The molecule has 1 N–H and O–H groups in total. The van der Waals surface area contributed by atoms with Gasteiger partial charge in [-0.05, 0) is 42.5 Å². The second-order valence-corrected chi connectivity index (χ2v) is 5.39. The van der Waals surface area contributed by atoms with Crippen LogP contribution in [-0.2, 0) is 0 Å². The van der Waals surface area contributed by atoms with Crippen LogP contribution in [0.3, 0.4) is 0 Å². The third-order valence-corrected chi connectivity index (χ3v) is 3.69. The fourth-order valence-electron chi connectivity index (χ4n) is 1.22. The van der Waals surface area contributed by atoms with Crippen molar-refractivity contribution in [1.82, 2.24) is 0 Å². The lowest BCUT2D eigenvalue weighted by atomic mass is 10.3. The molecule has 0 unspecified atom stereocenters. The summed E-state index contributed by atoms with van der Waals surface area (Å²) in [6.45, 7) is 0. The van der Waals surface area contributed by atoms with Crippen molar-refractivity contribution in [3.05, 3.63) is 42.5 Å². The van der Waals surface area contributed by atoms with Crippen LogP contribution in [0.2, 0.25) is 0 Å². The predicted octanol–water partition coefficient (Wildman–Crippen LogP) is 4.12. The minimum Gasteiger partial charge on any atom is -0.507 e. The van der Waals surface area contributed by atoms with E-state index in [0.29, 0.717) is 4.90 Å². The first-order valence-electron chi connectivity index (χ1n) is 4.64. The van der Waals surface area contributed by atoms with E-state index < -0.39 is 0 Å². The molecule has 0 aliphatic heterocycles. The van der Waals surface area contributed by atoms with E-state index in [1.54, 1.807) is 23.9 Å². The van der Waals surface area contributed by atoms with Crippen molar-refractivity contribution in [3.8, 4) is 5.75 Å². The van der Waals surface area contributed by atoms with Gasteiger partial charge in [0.15, 0.2) is 0 Å². The lowest BCUT2D eigenvalue weighted by Gasteiger charge is -2.04. The standard InChI is InChI=1S/C12H10OS3/c13-11-7-10(5-6-12(11)15)16-9-3-1-8(14)2-4-9/h1-7,13-15H. The number of phenolic OH excluding ortho intramolecular Hbond substituents is 1. The van der Waals surface area contributed by atoms with Gasteiger partial charge in [0.25, 0.3) is 0 Å². The maximum atomic E-state index is 9.52. The summed E-state index contributed by atoms with van der Waals surface area (Å²) in [6.07, 6.45) is 0. The molecule has 0 saturated carbocycles. The molecule has 0 fully saturated rings. The van der Waals surface area contributed by atoms with Crippen LogP contribution in [0.15, 0.2) is 62.0 Å². The van der Waals surface area contributed by atoms with E-state index in [1.165, 1.54) is 0 Å². The highest BCUT2D eigenvalue weighted by molar-refractivity contribution is 7.99. The van der Waals surface area contributed by atoms with Crippen molar-refractivity contribution in [2.45, 2.75) is 19.6 Å². The van der Waals surface area contributed by atoms with Crippen molar-refractivity contribution >= 4 is 37.0 Å². The Morgan fingerprint density at radius 1 is 0.875 bits per heavy atom. The van der Waals surface area contributed by atoms with E-state index >= 15 is 0 Å². The minimum absolute atomic E-state index is 0.208. The van der Waals surface area contributed by atoms with Gasteiger partial charge in [-0.3, -0.25) is 0 Å². The third kappa shape index (κ3) is 2.90. The summed E-state index contributed by atoms with van der Waals surface area (Å²) in [7, 11) is 0. The maximum Gasteiger partial charge on any atom is 0.130 e. The normalized spacial score (nSPS) is 10.4. The number of hydrogen-bond donors (Lipinski definition) is 3. The third-order valence-electron chi connectivity index (χ3n) is 2.02. The highest BCUT2D eigenvalue weighted by Gasteiger charge is 2.01. The first-order valence-corrected chi connectivity index (χ1v) is 6.35. The smallest absolute Gasteiger partial charge is 0.130 e. The topological polar surface area (TPSA) is 20.2 Å². The molecule has 0 radical (unpaired) electrons. The van der Waals surface area contributed by atoms with E-state index in [4.69, 9.17) is 0 Å². The highest BCUT2D eigenvalue weighted by atomic mass is 32.2. The molecule has 2 aromatic carbocycles. The Hall–Kier alpha value is -0.710. The number of thiol groups is 2. The van der Waals surface area contributed by atoms with E-state index in [-0.39, 0.29) is 5.75 Å². The Balaban J connectivity index is 2.20. The number of phenols is 1. The minimum atomic E-state index is 0.208. The predicted molar refractivity (Wildman–Crippen MR) is 73.2 cm³/mol. The monoisotopic (exact) mass is 266 g/mol. The fraction of sp³-hybridized carbons (Fsp3) is 0. The first kappa shape index (κ1) is 11.8. The van der Waals surface area contributed by atoms with Crippen molar-refractivity contribution in [3.63, 3.8) is 0 Å². The molecule has 4 heteroatoms. The fourth-order valence-corrected chi connectivity index (χ4v) is 2.36. The molecule has 1 nitrogen and oxygen atoms in total. The largest absolute Gasteiger partial charge is 0.507 e. The van der Waals surface area contributed by atoms with Crippen molar-refractivity contribution in [1.29, 1.82) is 0 Å². The molecule has 0 bridgehead atoms. The molecule has 82 valence electrons. The molecule has 0 aliphatic rings. The van der Waals surface area contributed by atoms with Gasteiger partial charge in [0, 0.05) is 19.6 Å². The van der Waals surface area contributed by atoms with Gasteiger partial charge in [0.05, 0.1) is 0 Å². The summed E-state index contributed by atoms with van der Waals surface area (Å²) >= 11 is 9.93. The summed E-state index contributed by atoms with van der Waals surface area (Å²) in [6, 6.07) is 13.3. The zero-order chi connectivity index (χ0) is 11.5. The number of benzene rings is 2. The van der Waals surface area contributed by atoms with Crippen LogP contribution in [0.5, 0.6) is 5.75 Å². The van der Waals surface area contributed by atoms with Crippen LogP contribution in [0.25, 0.3) is 0 Å². The van der Waals surface area contributed by atoms with Crippen molar-refractivity contribution in [2.75, 3.05) is 0 Å². The van der Waals surface area contributed by atoms with Gasteiger partial charge in [-0.2, -0.15) is 0 Å². The van der Waals surface area contributed by atoms with Gasteiger partial charge in [0.2, 0.25) is 0 Å². The molecule has 0 spiro atoms. The van der Waals surface area contributed by atoms with Crippen LogP contribution in [0, 0.1) is 0 Å². The lowest BCUT2D eigenvalue weighted by molar-refractivity contribution is 0.461. The molecule has 2 aromatic rings. The Labute approximate surface area is 110 Å². The van der Waals surface area contributed by atoms with Crippen LogP contribution in [0.1, 0.15) is 0 Å². The van der Waals surface area contributed by atoms with Gasteiger partial charge in [0.1, 0.15) is 5.75 Å². The average molecular weight is 266 g/mol. The Morgan fingerprint density at radius 2 is 1.50 bits per heavy atom. The molecule has 0 amide bonds. The zero-order valence-electron chi connectivity index (χ0n) is 8.29. The number of aromatic hydroxyl groups is 1. The van der Waals surface area contributed by atoms with Crippen LogP contribution in [-0.4, -0.2) is 5.11 Å². The molecule has 2 rings (SSSR count). The molecular formula is C12H10OS3. The summed E-state index contributed by atoms with van der Waals surface area (Å²) < 4.78 is 0. The summed E-state index contributed by atoms with van der Waals surface area (Å²) in [4.78, 5) is 3.64. The van der Waals surface area contributed by atoms with Gasteiger partial charge in [-0.1, -0.05) is 11.8 Å². The van der Waals surface area contributed by atoms with E-state index in [1.807, 2.05) is 30.3 Å². The Morgan fingerprint density at radius 3 is 2.12 bits per heavy atom. The summed E-state index contributed by atoms with van der Waals surface area (Å²) in [5.74, 6) is 0.208. The maximum absolute atomic E-state index is 9.52. The van der Waals surface area contributed by atoms with Gasteiger partial charge in [-0.25, -0.2) is 0 Å². The second kappa shape index (κ2) is 5.08. The molecule has 0 atom stereocenters. The molecule has 16 heavy (non-hydrogen) atoms. The number of hydrogen-bond acceptors (Lipinski definition) is 4. The SMILES string of the molecule is Oc1cc(Sc2ccc(S)cc2)ccc1S. The summed E-state index contributed by atoms with van der Waals surface area (Å²) in [5, 5.41) is 9.52. The molecular weight excluding hydrogens is 256 g/mol. The quantitative estimate of drug-likeness (QED) is 0.711. The average Bonchev–Trinajstić information content (AvgIpc) is 2.27. The number of rotatable bonds is 2. The highest BCUT2D eigenvalue weighted by Crippen LogP contribution is 2.32. The van der Waals surface area contributed by atoms with Gasteiger partial charge >= 0.3 is 0 Å². The lowest BCUT2D eigenvalue weighted by Crippen LogP contribution is -1.75. The van der Waals surface area contributed by atoms with E-state index in [2.05, 4.69) is 25.3 Å². The first-order chi connectivity index (χ1) is 7.65. The second-order valence-electron chi connectivity index (χ2n) is 3.25. The van der Waals surface area contributed by atoms with Crippen molar-refractivity contribution < 1.29 is 5.11 Å². The Kier molecular flexibility index (Phi) is 3.74. The summed E-state index contributed by atoms with van der Waals surface area (Å²) in [5.41, 5.74) is 0. The molecule has 0 heterocycles. The van der Waals surface area contributed by atoms with Crippen LogP contribution in [0.4, 0.5) is 0 Å². The molecule has 0 aromatic heterocycles. The van der Waals surface area contributed by atoms with E-state index in [0.717, 1.165) is 14.7 Å². The van der Waals surface area contributed by atoms with Crippen LogP contribution < -0.4 is 0 Å². The molecule has 0 aliphatic carbocycles. The van der Waals surface area contributed by atoms with Crippen molar-refractivity contribution in [2.24, 2.45) is 0 Å². The molecule has 0 saturated heterocycles. The van der Waals surface area contributed by atoms with Gasteiger partial charge < -0.3 is 5.11 Å². The Bertz CT molecular complexity index is 494. The zero-order valence-corrected chi connectivity index (χ0v) is 10.9.